The number of hydrogen-bond donors (Lipinski definition) is 1. The Morgan fingerprint density at radius 1 is 1.30 bits per heavy atom. The van der Waals surface area contributed by atoms with Crippen LogP contribution in [0.2, 0.25) is 0 Å². The molecular weight excluding hydrogens is 256 g/mol. The first-order valence-corrected chi connectivity index (χ1v) is 6.71. The summed E-state index contributed by atoms with van der Waals surface area (Å²) in [4.78, 5) is 31.3. The van der Waals surface area contributed by atoms with E-state index in [1.807, 2.05) is 13.8 Å². The average Bonchev–Trinajstić information content (AvgIpc) is 2.69. The molecule has 1 aliphatic rings. The minimum Gasteiger partial charge on any atom is -0.350 e. The smallest absolute Gasteiger partial charge is 0.319 e. The first-order valence-electron chi connectivity index (χ1n) is 6.71. The molecule has 0 aromatic carbocycles. The van der Waals surface area contributed by atoms with Crippen molar-refractivity contribution < 1.29 is 9.59 Å². The van der Waals surface area contributed by atoms with E-state index in [4.69, 9.17) is 0 Å². The standard InChI is InChI=1S/C14H20N4O2/c1-10-8-12(9-11(2)16-10)13(19)15-4-5-18-7-6-17(3)14(18)20/h8-9H,4-7H2,1-3H3,(H,15,19). The maximum atomic E-state index is 12.0. The Hall–Kier alpha value is -2.11. The number of hydrogen-bond acceptors (Lipinski definition) is 3. The second-order valence-corrected chi connectivity index (χ2v) is 5.09. The first kappa shape index (κ1) is 14.3. The maximum absolute atomic E-state index is 12.0. The number of amides is 3. The SMILES string of the molecule is Cc1cc(C(=O)NCCN2CCN(C)C2=O)cc(C)n1. The van der Waals surface area contributed by atoms with Crippen LogP contribution in [0.3, 0.4) is 0 Å². The third-order valence-corrected chi connectivity index (χ3v) is 3.31. The predicted molar refractivity (Wildman–Crippen MR) is 75.6 cm³/mol. The summed E-state index contributed by atoms with van der Waals surface area (Å²) in [6.07, 6.45) is 0. The molecule has 1 aliphatic heterocycles. The van der Waals surface area contributed by atoms with Gasteiger partial charge in [-0.2, -0.15) is 0 Å². The molecule has 108 valence electrons. The van der Waals surface area contributed by atoms with Gasteiger partial charge in [-0.25, -0.2) is 4.79 Å². The monoisotopic (exact) mass is 276 g/mol. The van der Waals surface area contributed by atoms with Crippen LogP contribution in [-0.4, -0.2) is 59.9 Å². The highest BCUT2D eigenvalue weighted by atomic mass is 16.2. The number of urea groups is 1. The van der Waals surface area contributed by atoms with Gasteiger partial charge >= 0.3 is 6.03 Å². The second-order valence-electron chi connectivity index (χ2n) is 5.09. The highest BCUT2D eigenvalue weighted by molar-refractivity contribution is 5.94. The van der Waals surface area contributed by atoms with Gasteiger partial charge in [0.1, 0.15) is 0 Å². The average molecular weight is 276 g/mol. The zero-order valence-corrected chi connectivity index (χ0v) is 12.1. The topological polar surface area (TPSA) is 65.5 Å². The number of carbonyl (C=O) groups is 2. The molecule has 3 amide bonds. The lowest BCUT2D eigenvalue weighted by atomic mass is 10.2. The van der Waals surface area contributed by atoms with Gasteiger partial charge in [-0.15, -0.1) is 0 Å². The molecule has 0 radical (unpaired) electrons. The number of rotatable bonds is 4. The van der Waals surface area contributed by atoms with E-state index in [0.29, 0.717) is 18.7 Å². The first-order chi connectivity index (χ1) is 9.47. The highest BCUT2D eigenvalue weighted by Gasteiger charge is 2.24. The minimum atomic E-state index is -0.126. The van der Waals surface area contributed by atoms with Gasteiger partial charge in [0.05, 0.1) is 0 Å². The van der Waals surface area contributed by atoms with E-state index in [1.54, 1.807) is 29.0 Å². The van der Waals surface area contributed by atoms with Crippen LogP contribution in [0.25, 0.3) is 0 Å². The summed E-state index contributed by atoms with van der Waals surface area (Å²) in [5, 5.41) is 2.84. The summed E-state index contributed by atoms with van der Waals surface area (Å²) < 4.78 is 0. The van der Waals surface area contributed by atoms with Crippen molar-refractivity contribution in [2.45, 2.75) is 13.8 Å². The second kappa shape index (κ2) is 5.90. The van der Waals surface area contributed by atoms with Crippen LogP contribution in [0, 0.1) is 13.8 Å². The summed E-state index contributed by atoms with van der Waals surface area (Å²) >= 11 is 0. The lowest BCUT2D eigenvalue weighted by molar-refractivity contribution is 0.0949. The number of aryl methyl sites for hydroxylation is 2. The van der Waals surface area contributed by atoms with Crippen LogP contribution in [0.15, 0.2) is 12.1 Å². The van der Waals surface area contributed by atoms with Gasteiger partial charge in [-0.05, 0) is 26.0 Å². The Kier molecular flexibility index (Phi) is 4.22. The molecule has 2 rings (SSSR count). The Bertz CT molecular complexity index is 510. The van der Waals surface area contributed by atoms with Crippen LogP contribution in [0.4, 0.5) is 4.79 Å². The van der Waals surface area contributed by atoms with Gasteiger partial charge in [0.15, 0.2) is 0 Å². The Morgan fingerprint density at radius 2 is 1.95 bits per heavy atom. The van der Waals surface area contributed by atoms with Crippen molar-refractivity contribution >= 4 is 11.9 Å². The molecule has 0 unspecified atom stereocenters. The summed E-state index contributed by atoms with van der Waals surface area (Å²) in [5.41, 5.74) is 2.26. The molecule has 2 heterocycles. The molecule has 0 spiro atoms. The predicted octanol–water partition coefficient (Wildman–Crippen LogP) is 0.796. The Labute approximate surface area is 118 Å². The molecular formula is C14H20N4O2. The molecule has 0 aliphatic carbocycles. The summed E-state index contributed by atoms with van der Waals surface area (Å²) in [7, 11) is 1.78. The molecule has 1 aromatic heterocycles. The Balaban J connectivity index is 1.85. The fraction of sp³-hybridized carbons (Fsp3) is 0.500. The van der Waals surface area contributed by atoms with E-state index in [9.17, 15) is 9.59 Å². The van der Waals surface area contributed by atoms with Gasteiger partial charge in [0, 0.05) is 50.2 Å². The number of aromatic nitrogens is 1. The largest absolute Gasteiger partial charge is 0.350 e. The fourth-order valence-corrected chi connectivity index (χ4v) is 2.28. The lowest BCUT2D eigenvalue weighted by Gasteiger charge is -2.16. The van der Waals surface area contributed by atoms with E-state index in [0.717, 1.165) is 24.5 Å². The summed E-state index contributed by atoms with van der Waals surface area (Å²) in [5.74, 6) is -0.126. The van der Waals surface area contributed by atoms with E-state index < -0.39 is 0 Å². The molecule has 6 nitrogen and oxygen atoms in total. The van der Waals surface area contributed by atoms with Gasteiger partial charge < -0.3 is 15.1 Å². The van der Waals surface area contributed by atoms with Gasteiger partial charge in [-0.1, -0.05) is 0 Å². The molecule has 20 heavy (non-hydrogen) atoms. The fourth-order valence-electron chi connectivity index (χ4n) is 2.28. The summed E-state index contributed by atoms with van der Waals surface area (Å²) in [6, 6.07) is 3.55. The number of pyridine rings is 1. The van der Waals surface area contributed by atoms with Crippen molar-refractivity contribution in [2.24, 2.45) is 0 Å². The molecule has 0 atom stereocenters. The van der Waals surface area contributed by atoms with Crippen LogP contribution >= 0.6 is 0 Å². The zero-order valence-electron chi connectivity index (χ0n) is 12.1. The van der Waals surface area contributed by atoms with Crippen molar-refractivity contribution in [2.75, 3.05) is 33.2 Å². The third-order valence-electron chi connectivity index (χ3n) is 3.31. The molecule has 1 aromatic rings. The van der Waals surface area contributed by atoms with Crippen molar-refractivity contribution in [3.8, 4) is 0 Å². The third kappa shape index (κ3) is 3.26. The number of nitrogens with zero attached hydrogens (tertiary/aromatic N) is 3. The van der Waals surface area contributed by atoms with Crippen LogP contribution in [0.5, 0.6) is 0 Å². The lowest BCUT2D eigenvalue weighted by Crippen LogP contribution is -2.37. The minimum absolute atomic E-state index is 0.0230. The normalized spacial score (nSPS) is 14.8. The van der Waals surface area contributed by atoms with Crippen LogP contribution in [0.1, 0.15) is 21.7 Å². The molecule has 6 heteroatoms. The van der Waals surface area contributed by atoms with E-state index in [2.05, 4.69) is 10.3 Å². The molecule has 1 fully saturated rings. The van der Waals surface area contributed by atoms with Gasteiger partial charge in [0.25, 0.3) is 5.91 Å². The van der Waals surface area contributed by atoms with Crippen molar-refractivity contribution in [1.29, 1.82) is 0 Å². The number of nitrogens with one attached hydrogen (secondary N) is 1. The van der Waals surface area contributed by atoms with E-state index >= 15 is 0 Å². The summed E-state index contributed by atoms with van der Waals surface area (Å²) in [6.45, 7) is 6.19. The van der Waals surface area contributed by atoms with Crippen molar-refractivity contribution in [3.05, 3.63) is 29.1 Å². The van der Waals surface area contributed by atoms with Crippen LogP contribution < -0.4 is 5.32 Å². The van der Waals surface area contributed by atoms with Crippen molar-refractivity contribution in [3.63, 3.8) is 0 Å². The van der Waals surface area contributed by atoms with Gasteiger partial charge in [0.2, 0.25) is 0 Å². The van der Waals surface area contributed by atoms with E-state index in [-0.39, 0.29) is 11.9 Å². The molecule has 1 N–H and O–H groups in total. The van der Waals surface area contributed by atoms with E-state index in [1.165, 1.54) is 0 Å². The molecule has 1 saturated heterocycles. The maximum Gasteiger partial charge on any atom is 0.319 e. The quantitative estimate of drug-likeness (QED) is 0.884. The molecule has 0 saturated carbocycles. The number of likely N-dealkylation sites (N-methyl/N-ethyl adjacent to an activating group) is 1. The number of carbonyl (C=O) groups excluding carboxylic acids is 2. The zero-order chi connectivity index (χ0) is 14.7. The molecule has 0 bridgehead atoms. The highest BCUT2D eigenvalue weighted by Crippen LogP contribution is 2.06. The van der Waals surface area contributed by atoms with Crippen molar-refractivity contribution in [1.82, 2.24) is 20.1 Å². The van der Waals surface area contributed by atoms with Crippen LogP contribution in [-0.2, 0) is 0 Å². The Morgan fingerprint density at radius 3 is 2.50 bits per heavy atom. The van der Waals surface area contributed by atoms with Gasteiger partial charge in [-0.3, -0.25) is 9.78 Å².